The van der Waals surface area contributed by atoms with E-state index in [-0.39, 0.29) is 0 Å². The summed E-state index contributed by atoms with van der Waals surface area (Å²) in [5.74, 6) is 2.34. The molecule has 1 nitrogen and oxygen atoms in total. The van der Waals surface area contributed by atoms with Gasteiger partial charge in [0.2, 0.25) is 0 Å². The van der Waals surface area contributed by atoms with Gasteiger partial charge in [0.25, 0.3) is 0 Å². The molecule has 3 atom stereocenters. The van der Waals surface area contributed by atoms with E-state index >= 15 is 0 Å². The van der Waals surface area contributed by atoms with Gasteiger partial charge in [0.15, 0.2) is 0 Å². The average molecular weight is 230 g/mol. The van der Waals surface area contributed by atoms with Gasteiger partial charge < -0.3 is 5.32 Å². The van der Waals surface area contributed by atoms with Gasteiger partial charge in [0, 0.05) is 5.92 Å². The van der Waals surface area contributed by atoms with Gasteiger partial charge in [-0.15, -0.1) is 0 Å². The molecule has 17 heavy (non-hydrogen) atoms. The van der Waals surface area contributed by atoms with Gasteiger partial charge in [0.05, 0.1) is 6.54 Å². The van der Waals surface area contributed by atoms with Crippen LogP contribution in [-0.2, 0) is 0 Å². The van der Waals surface area contributed by atoms with Crippen molar-refractivity contribution < 1.29 is 5.32 Å². The second-order valence-electron chi connectivity index (χ2n) is 5.57. The Morgan fingerprint density at radius 3 is 2.53 bits per heavy atom. The Morgan fingerprint density at radius 2 is 1.88 bits per heavy atom. The highest BCUT2D eigenvalue weighted by Crippen LogP contribution is 2.32. The molecule has 1 aliphatic carbocycles. The van der Waals surface area contributed by atoms with Gasteiger partial charge in [-0.05, 0) is 37.3 Å². The molecule has 0 aliphatic heterocycles. The number of quaternary nitrogens is 1. The van der Waals surface area contributed by atoms with Crippen LogP contribution in [0, 0.1) is 17.8 Å². The number of benzene rings is 1. The van der Waals surface area contributed by atoms with E-state index in [0.717, 1.165) is 17.8 Å². The predicted molar refractivity (Wildman–Crippen MR) is 73.1 cm³/mol. The third-order valence-corrected chi connectivity index (χ3v) is 4.02. The van der Waals surface area contributed by atoms with E-state index in [1.165, 1.54) is 18.7 Å². The van der Waals surface area contributed by atoms with Crippen LogP contribution in [0.25, 0.3) is 0 Å². The predicted octanol–water partition coefficient (Wildman–Crippen LogP) is 3.12. The second kappa shape index (κ2) is 5.50. The fraction of sp³-hybridized carbons (Fsp3) is 0.500. The fourth-order valence-corrected chi connectivity index (χ4v) is 3.13. The van der Waals surface area contributed by atoms with Crippen LogP contribution >= 0.6 is 0 Å². The van der Waals surface area contributed by atoms with Crippen molar-refractivity contribution in [3.8, 4) is 0 Å². The lowest BCUT2D eigenvalue weighted by molar-refractivity contribution is -0.581. The molecule has 1 aromatic rings. The summed E-state index contributed by atoms with van der Waals surface area (Å²) in [6, 6.07) is 10.7. The highest BCUT2D eigenvalue weighted by atomic mass is 14.9. The first kappa shape index (κ1) is 12.4. The minimum absolute atomic E-state index is 0.721. The number of allylic oxidation sites excluding steroid dienone is 2. The number of nitrogens with two attached hydrogens (primary N) is 1. The van der Waals surface area contributed by atoms with Gasteiger partial charge in [-0.25, -0.2) is 0 Å². The van der Waals surface area contributed by atoms with Crippen LogP contribution in [0.2, 0.25) is 0 Å². The maximum absolute atomic E-state index is 2.46. The van der Waals surface area contributed by atoms with E-state index in [1.807, 2.05) is 0 Å². The Bertz CT molecular complexity index is 380. The Morgan fingerprint density at radius 1 is 1.18 bits per heavy atom. The summed E-state index contributed by atoms with van der Waals surface area (Å²) in [5.41, 5.74) is 2.93. The standard InChI is InChI=1S/C16H23N/c1-12-9-13(2)16(14(3)10-12)11-17-15-7-5-4-6-8-15/h4-9,13-14,16-17H,10-11H2,1-3H3/p+1/t13-,14-,16+/m1/s1. The Labute approximate surface area is 105 Å². The van der Waals surface area contributed by atoms with Gasteiger partial charge in [-0.1, -0.05) is 43.7 Å². The highest BCUT2D eigenvalue weighted by Gasteiger charge is 2.27. The minimum atomic E-state index is 0.721. The zero-order valence-electron chi connectivity index (χ0n) is 11.2. The molecule has 0 fully saturated rings. The van der Waals surface area contributed by atoms with Crippen LogP contribution in [0.1, 0.15) is 27.2 Å². The van der Waals surface area contributed by atoms with Crippen molar-refractivity contribution in [2.24, 2.45) is 17.8 Å². The summed E-state index contributed by atoms with van der Waals surface area (Å²) in [5, 5.41) is 2.40. The summed E-state index contributed by atoms with van der Waals surface area (Å²) in [6.07, 6.45) is 3.74. The zero-order chi connectivity index (χ0) is 12.3. The number of hydrogen-bond acceptors (Lipinski definition) is 0. The quantitative estimate of drug-likeness (QED) is 0.607. The molecule has 92 valence electrons. The maximum Gasteiger partial charge on any atom is 0.129 e. The summed E-state index contributed by atoms with van der Waals surface area (Å²) in [4.78, 5) is 0. The summed E-state index contributed by atoms with van der Waals surface area (Å²) >= 11 is 0. The van der Waals surface area contributed by atoms with Crippen LogP contribution in [0.15, 0.2) is 42.0 Å². The highest BCUT2D eigenvalue weighted by molar-refractivity contribution is 5.26. The number of rotatable bonds is 3. The Kier molecular flexibility index (Phi) is 4.01. The van der Waals surface area contributed by atoms with Crippen LogP contribution < -0.4 is 5.32 Å². The molecule has 0 radical (unpaired) electrons. The number of para-hydroxylation sites is 1. The third kappa shape index (κ3) is 3.19. The van der Waals surface area contributed by atoms with Crippen LogP contribution in [0.4, 0.5) is 5.69 Å². The molecular formula is C16H24N+. The van der Waals surface area contributed by atoms with Crippen molar-refractivity contribution in [3.63, 3.8) is 0 Å². The van der Waals surface area contributed by atoms with Gasteiger partial charge >= 0.3 is 0 Å². The van der Waals surface area contributed by atoms with Crippen molar-refractivity contribution in [1.82, 2.24) is 0 Å². The van der Waals surface area contributed by atoms with Crippen LogP contribution in [-0.4, -0.2) is 6.54 Å². The molecule has 0 spiro atoms. The maximum atomic E-state index is 2.46. The molecule has 0 saturated heterocycles. The monoisotopic (exact) mass is 230 g/mol. The minimum Gasteiger partial charge on any atom is -0.314 e. The van der Waals surface area contributed by atoms with Crippen molar-refractivity contribution in [2.75, 3.05) is 6.54 Å². The molecule has 0 aromatic heterocycles. The zero-order valence-corrected chi connectivity index (χ0v) is 11.2. The molecule has 0 heterocycles. The molecule has 0 unspecified atom stereocenters. The first-order valence-electron chi connectivity index (χ1n) is 6.72. The summed E-state index contributed by atoms with van der Waals surface area (Å²) in [7, 11) is 0. The Hall–Kier alpha value is -1.08. The Balaban J connectivity index is 1.95. The molecule has 2 rings (SSSR count). The molecule has 0 saturated carbocycles. The molecule has 0 bridgehead atoms. The first-order chi connectivity index (χ1) is 8.16. The van der Waals surface area contributed by atoms with Gasteiger partial charge in [-0.2, -0.15) is 0 Å². The second-order valence-corrected chi connectivity index (χ2v) is 5.57. The topological polar surface area (TPSA) is 16.6 Å². The van der Waals surface area contributed by atoms with Crippen molar-refractivity contribution in [2.45, 2.75) is 27.2 Å². The lowest BCUT2D eigenvalue weighted by atomic mass is 9.75. The lowest BCUT2D eigenvalue weighted by Gasteiger charge is -2.31. The smallest absolute Gasteiger partial charge is 0.129 e. The fourth-order valence-electron chi connectivity index (χ4n) is 3.13. The summed E-state index contributed by atoms with van der Waals surface area (Å²) in [6.45, 7) is 8.24. The van der Waals surface area contributed by atoms with Gasteiger partial charge in [0.1, 0.15) is 5.69 Å². The van der Waals surface area contributed by atoms with E-state index in [1.54, 1.807) is 5.57 Å². The molecule has 1 aromatic carbocycles. The summed E-state index contributed by atoms with van der Waals surface area (Å²) < 4.78 is 0. The van der Waals surface area contributed by atoms with Crippen LogP contribution in [0.5, 0.6) is 0 Å². The largest absolute Gasteiger partial charge is 0.314 e. The van der Waals surface area contributed by atoms with Crippen LogP contribution in [0.3, 0.4) is 0 Å². The normalized spacial score (nSPS) is 28.9. The molecular weight excluding hydrogens is 206 g/mol. The van der Waals surface area contributed by atoms with E-state index in [2.05, 4.69) is 62.5 Å². The van der Waals surface area contributed by atoms with E-state index < -0.39 is 0 Å². The first-order valence-corrected chi connectivity index (χ1v) is 6.72. The SMILES string of the molecule is CC1=C[C@@H](C)[C@H](C[NH2+]c2ccccc2)[C@H](C)C1. The molecule has 2 N–H and O–H groups in total. The third-order valence-electron chi connectivity index (χ3n) is 4.02. The number of hydrogen-bond donors (Lipinski definition) is 1. The molecule has 1 heteroatoms. The molecule has 0 amide bonds. The van der Waals surface area contributed by atoms with Crippen molar-refractivity contribution in [3.05, 3.63) is 42.0 Å². The lowest BCUT2D eigenvalue weighted by Crippen LogP contribution is -2.80. The van der Waals surface area contributed by atoms with Gasteiger partial charge in [-0.3, -0.25) is 0 Å². The van der Waals surface area contributed by atoms with E-state index in [9.17, 15) is 0 Å². The molecule has 1 aliphatic rings. The van der Waals surface area contributed by atoms with Crippen molar-refractivity contribution >= 4 is 5.69 Å². The average Bonchev–Trinajstić information content (AvgIpc) is 2.29. The van der Waals surface area contributed by atoms with E-state index in [0.29, 0.717) is 0 Å². The van der Waals surface area contributed by atoms with E-state index in [4.69, 9.17) is 0 Å². The van der Waals surface area contributed by atoms with Crippen molar-refractivity contribution in [1.29, 1.82) is 0 Å².